The molecule has 104 valence electrons. The molecule has 7 nitrogen and oxygen atoms in total. The molecule has 0 radical (unpaired) electrons. The second-order valence-corrected chi connectivity index (χ2v) is 4.92. The van der Waals surface area contributed by atoms with Crippen LogP contribution >= 0.6 is 0 Å². The molecule has 0 aliphatic heterocycles. The predicted octanol–water partition coefficient (Wildman–Crippen LogP) is 1.04. The van der Waals surface area contributed by atoms with Crippen LogP contribution in [0, 0.1) is 6.92 Å². The number of carbonyl (C=O) groups excluding carboxylic acids is 1. The van der Waals surface area contributed by atoms with Gasteiger partial charge in [-0.2, -0.15) is 10.2 Å². The van der Waals surface area contributed by atoms with Crippen LogP contribution in [0.4, 0.5) is 0 Å². The average Bonchev–Trinajstić information content (AvgIpc) is 3.15. The SMILES string of the molecule is Cc1cc(=O)c(COC(=O)c2cc(C3CC3)[nH]n2)n[nH]1. The number of esters is 1. The highest BCUT2D eigenvalue weighted by Crippen LogP contribution is 2.39. The monoisotopic (exact) mass is 274 g/mol. The van der Waals surface area contributed by atoms with E-state index in [0.717, 1.165) is 18.5 Å². The van der Waals surface area contributed by atoms with E-state index in [1.54, 1.807) is 13.0 Å². The molecule has 0 amide bonds. The van der Waals surface area contributed by atoms with Gasteiger partial charge in [0.15, 0.2) is 5.69 Å². The zero-order valence-electron chi connectivity index (χ0n) is 11.0. The molecule has 2 aromatic rings. The molecule has 0 bridgehead atoms. The molecule has 0 saturated heterocycles. The zero-order valence-corrected chi connectivity index (χ0v) is 11.0. The van der Waals surface area contributed by atoms with Gasteiger partial charge in [-0.05, 0) is 25.8 Å². The van der Waals surface area contributed by atoms with Gasteiger partial charge >= 0.3 is 5.97 Å². The Bertz CT molecular complexity index is 700. The number of nitrogens with one attached hydrogen (secondary N) is 2. The van der Waals surface area contributed by atoms with Crippen molar-refractivity contribution in [2.24, 2.45) is 0 Å². The van der Waals surface area contributed by atoms with E-state index in [1.807, 2.05) is 0 Å². The first-order valence-electron chi connectivity index (χ1n) is 6.41. The van der Waals surface area contributed by atoms with Gasteiger partial charge in [0.05, 0.1) is 0 Å². The van der Waals surface area contributed by atoms with E-state index < -0.39 is 5.97 Å². The molecule has 0 atom stereocenters. The highest BCUT2D eigenvalue weighted by molar-refractivity contribution is 5.87. The van der Waals surface area contributed by atoms with E-state index in [2.05, 4.69) is 20.4 Å². The van der Waals surface area contributed by atoms with Gasteiger partial charge < -0.3 is 4.74 Å². The number of aromatic amines is 2. The lowest BCUT2D eigenvalue weighted by Gasteiger charge is -2.01. The predicted molar refractivity (Wildman–Crippen MR) is 69.3 cm³/mol. The van der Waals surface area contributed by atoms with Crippen LogP contribution in [0.25, 0.3) is 0 Å². The zero-order chi connectivity index (χ0) is 14.1. The molecule has 1 fully saturated rings. The van der Waals surface area contributed by atoms with Crippen LogP contribution < -0.4 is 5.43 Å². The van der Waals surface area contributed by atoms with Crippen molar-refractivity contribution in [3.8, 4) is 0 Å². The van der Waals surface area contributed by atoms with E-state index in [4.69, 9.17) is 4.74 Å². The van der Waals surface area contributed by atoms with Crippen molar-refractivity contribution in [1.29, 1.82) is 0 Å². The minimum absolute atomic E-state index is 0.167. The topological polar surface area (TPSA) is 101 Å². The Morgan fingerprint density at radius 1 is 1.35 bits per heavy atom. The minimum Gasteiger partial charge on any atom is -0.454 e. The molecule has 7 heteroatoms. The second-order valence-electron chi connectivity index (χ2n) is 4.92. The van der Waals surface area contributed by atoms with E-state index in [0.29, 0.717) is 11.6 Å². The number of aryl methyl sites for hydroxylation is 1. The number of ether oxygens (including phenoxy) is 1. The Morgan fingerprint density at radius 2 is 2.15 bits per heavy atom. The van der Waals surface area contributed by atoms with Crippen molar-refractivity contribution in [2.45, 2.75) is 32.3 Å². The summed E-state index contributed by atoms with van der Waals surface area (Å²) in [6, 6.07) is 3.11. The van der Waals surface area contributed by atoms with Gasteiger partial charge in [0.1, 0.15) is 12.3 Å². The van der Waals surface area contributed by atoms with Gasteiger partial charge in [0.2, 0.25) is 5.43 Å². The van der Waals surface area contributed by atoms with Gasteiger partial charge in [-0.15, -0.1) is 0 Å². The maximum Gasteiger partial charge on any atom is 0.359 e. The van der Waals surface area contributed by atoms with Crippen LogP contribution in [0.15, 0.2) is 16.9 Å². The first-order chi connectivity index (χ1) is 9.63. The van der Waals surface area contributed by atoms with Crippen molar-refractivity contribution < 1.29 is 9.53 Å². The maximum atomic E-state index is 11.8. The largest absolute Gasteiger partial charge is 0.454 e. The molecule has 1 saturated carbocycles. The van der Waals surface area contributed by atoms with E-state index >= 15 is 0 Å². The lowest BCUT2D eigenvalue weighted by atomic mass is 10.3. The van der Waals surface area contributed by atoms with Crippen LogP contribution in [0.2, 0.25) is 0 Å². The molecule has 2 N–H and O–H groups in total. The lowest BCUT2D eigenvalue weighted by molar-refractivity contribution is 0.0458. The van der Waals surface area contributed by atoms with E-state index in [9.17, 15) is 9.59 Å². The third-order valence-corrected chi connectivity index (χ3v) is 3.16. The molecule has 3 rings (SSSR count). The van der Waals surface area contributed by atoms with Crippen LogP contribution in [0.5, 0.6) is 0 Å². The van der Waals surface area contributed by atoms with E-state index in [-0.39, 0.29) is 23.4 Å². The molecule has 1 aliphatic rings. The Labute approximate surface area is 114 Å². The normalized spacial score (nSPS) is 14.2. The van der Waals surface area contributed by atoms with Gasteiger partial charge in [0, 0.05) is 23.4 Å². The summed E-state index contributed by atoms with van der Waals surface area (Å²) >= 11 is 0. The standard InChI is InChI=1S/C13H14N4O3/c1-7-4-12(18)11(17-14-7)6-20-13(19)10-5-9(15-16-10)8-2-3-8/h4-5,8H,2-3,6H2,1H3,(H,14,18)(H,15,16). The quantitative estimate of drug-likeness (QED) is 0.811. The summed E-state index contributed by atoms with van der Waals surface area (Å²) < 4.78 is 5.04. The number of H-pyrrole nitrogens is 2. The number of aromatic nitrogens is 4. The molecule has 2 aromatic heterocycles. The molecule has 0 unspecified atom stereocenters. The van der Waals surface area contributed by atoms with E-state index in [1.165, 1.54) is 6.07 Å². The van der Waals surface area contributed by atoms with Gasteiger partial charge in [-0.3, -0.25) is 15.0 Å². The Kier molecular flexibility index (Phi) is 3.09. The molecule has 0 aromatic carbocycles. The molecule has 2 heterocycles. The Hall–Kier alpha value is -2.44. The first-order valence-corrected chi connectivity index (χ1v) is 6.41. The molecule has 0 spiro atoms. The number of hydrogen-bond donors (Lipinski definition) is 2. The molecular formula is C13H14N4O3. The first kappa shape index (κ1) is 12.6. The number of carbonyl (C=O) groups is 1. The van der Waals surface area contributed by atoms with Crippen LogP contribution in [-0.2, 0) is 11.3 Å². The number of rotatable bonds is 4. The Morgan fingerprint density at radius 3 is 2.85 bits per heavy atom. The summed E-state index contributed by atoms with van der Waals surface area (Å²) in [7, 11) is 0. The van der Waals surface area contributed by atoms with Crippen molar-refractivity contribution in [3.05, 3.63) is 45.1 Å². The number of hydrogen-bond acceptors (Lipinski definition) is 5. The summed E-state index contributed by atoms with van der Waals surface area (Å²) in [5.41, 5.74) is 1.77. The number of nitrogens with zero attached hydrogens (tertiary/aromatic N) is 2. The van der Waals surface area contributed by atoms with Crippen molar-refractivity contribution in [3.63, 3.8) is 0 Å². The fourth-order valence-electron chi connectivity index (χ4n) is 1.88. The molecular weight excluding hydrogens is 260 g/mol. The van der Waals surface area contributed by atoms with Crippen molar-refractivity contribution in [2.75, 3.05) is 0 Å². The minimum atomic E-state index is -0.560. The summed E-state index contributed by atoms with van der Waals surface area (Å²) in [6.45, 7) is 1.56. The second kappa shape index (κ2) is 4.92. The fourth-order valence-corrected chi connectivity index (χ4v) is 1.88. The lowest BCUT2D eigenvalue weighted by Crippen LogP contribution is -2.16. The third-order valence-electron chi connectivity index (χ3n) is 3.16. The van der Waals surface area contributed by atoms with Crippen LogP contribution in [-0.4, -0.2) is 26.4 Å². The Balaban J connectivity index is 1.64. The third kappa shape index (κ3) is 2.61. The van der Waals surface area contributed by atoms with Gasteiger partial charge in [-0.25, -0.2) is 4.79 Å². The van der Waals surface area contributed by atoms with Crippen molar-refractivity contribution >= 4 is 5.97 Å². The highest BCUT2D eigenvalue weighted by Gasteiger charge is 2.26. The highest BCUT2D eigenvalue weighted by atomic mass is 16.5. The summed E-state index contributed by atoms with van der Waals surface area (Å²) in [6.07, 6.45) is 2.25. The fraction of sp³-hybridized carbons (Fsp3) is 0.385. The van der Waals surface area contributed by atoms with Crippen LogP contribution in [0.3, 0.4) is 0 Å². The van der Waals surface area contributed by atoms with Crippen LogP contribution in [0.1, 0.15) is 46.3 Å². The maximum absolute atomic E-state index is 11.8. The summed E-state index contributed by atoms with van der Waals surface area (Å²) in [4.78, 5) is 23.4. The smallest absolute Gasteiger partial charge is 0.359 e. The molecule has 20 heavy (non-hydrogen) atoms. The summed E-state index contributed by atoms with van der Waals surface area (Å²) in [5, 5.41) is 13.3. The molecule has 1 aliphatic carbocycles. The average molecular weight is 274 g/mol. The van der Waals surface area contributed by atoms with Crippen molar-refractivity contribution in [1.82, 2.24) is 20.4 Å². The van der Waals surface area contributed by atoms with Gasteiger partial charge in [-0.1, -0.05) is 0 Å². The van der Waals surface area contributed by atoms with Gasteiger partial charge in [0.25, 0.3) is 0 Å². The summed E-state index contributed by atoms with van der Waals surface area (Å²) in [5.74, 6) is -0.0689.